The highest BCUT2D eigenvalue weighted by atomic mass is 19.1. The van der Waals surface area contributed by atoms with Gasteiger partial charge in [-0.25, -0.2) is 8.78 Å². The van der Waals surface area contributed by atoms with Gasteiger partial charge in [0.15, 0.2) is 0 Å². The van der Waals surface area contributed by atoms with Crippen molar-refractivity contribution in [3.63, 3.8) is 0 Å². The van der Waals surface area contributed by atoms with Gasteiger partial charge in [0, 0.05) is 30.7 Å². The van der Waals surface area contributed by atoms with Crippen LogP contribution in [0.25, 0.3) is 0 Å². The zero-order chi connectivity index (χ0) is 14.8. The van der Waals surface area contributed by atoms with Crippen LogP contribution in [0.4, 0.5) is 8.78 Å². The fourth-order valence-corrected chi connectivity index (χ4v) is 3.56. The van der Waals surface area contributed by atoms with Gasteiger partial charge < -0.3 is 5.32 Å². The van der Waals surface area contributed by atoms with Crippen molar-refractivity contribution in [3.05, 3.63) is 34.9 Å². The second kappa shape index (κ2) is 6.08. The number of nitrogens with zero attached hydrogens (tertiary/aromatic N) is 2. The Kier molecular flexibility index (Phi) is 4.18. The maximum atomic E-state index is 13.9. The Morgan fingerprint density at radius 2 is 1.95 bits per heavy atom. The zero-order valence-corrected chi connectivity index (χ0v) is 11.9. The van der Waals surface area contributed by atoms with E-state index in [4.69, 9.17) is 5.26 Å². The Morgan fingerprint density at radius 1 is 1.19 bits per heavy atom. The Labute approximate surface area is 123 Å². The Balaban J connectivity index is 1.67. The number of halogens is 2. The lowest BCUT2D eigenvalue weighted by Gasteiger charge is -2.32. The summed E-state index contributed by atoms with van der Waals surface area (Å²) in [7, 11) is 0. The van der Waals surface area contributed by atoms with Gasteiger partial charge in [0.25, 0.3) is 0 Å². The molecule has 2 fully saturated rings. The number of fused-ring (bicyclic) bond motifs is 1. The molecule has 1 aromatic rings. The predicted octanol–water partition coefficient (Wildman–Crippen LogP) is 2.55. The third kappa shape index (κ3) is 2.92. The molecule has 2 aliphatic heterocycles. The van der Waals surface area contributed by atoms with E-state index in [1.54, 1.807) is 6.07 Å². The zero-order valence-electron chi connectivity index (χ0n) is 11.9. The summed E-state index contributed by atoms with van der Waals surface area (Å²) in [5.74, 6) is -1.28. The van der Waals surface area contributed by atoms with Crippen LogP contribution >= 0.6 is 0 Å². The van der Waals surface area contributed by atoms with Crippen LogP contribution in [0.3, 0.4) is 0 Å². The van der Waals surface area contributed by atoms with E-state index in [0.29, 0.717) is 12.1 Å². The highest BCUT2D eigenvalue weighted by Gasteiger charge is 2.35. The summed E-state index contributed by atoms with van der Waals surface area (Å²) in [6, 6.07) is 4.77. The van der Waals surface area contributed by atoms with E-state index in [-0.39, 0.29) is 17.7 Å². The number of hydrogen-bond donors (Lipinski definition) is 1. The molecule has 1 N–H and O–H groups in total. The Bertz CT molecular complexity index is 544. The van der Waals surface area contributed by atoms with E-state index in [0.717, 1.165) is 38.1 Å². The molecule has 1 aromatic carbocycles. The maximum Gasteiger partial charge on any atom is 0.131 e. The predicted molar refractivity (Wildman–Crippen MR) is 75.5 cm³/mol. The van der Waals surface area contributed by atoms with Gasteiger partial charge in [-0.1, -0.05) is 6.42 Å². The molecule has 3 rings (SSSR count). The van der Waals surface area contributed by atoms with E-state index in [2.05, 4.69) is 10.2 Å². The molecule has 0 saturated carbocycles. The quantitative estimate of drug-likeness (QED) is 0.930. The highest BCUT2D eigenvalue weighted by molar-refractivity contribution is 5.34. The number of nitrogens with one attached hydrogen (secondary N) is 1. The van der Waals surface area contributed by atoms with Crippen molar-refractivity contribution in [2.75, 3.05) is 13.1 Å². The first-order chi connectivity index (χ1) is 10.2. The van der Waals surface area contributed by atoms with Gasteiger partial charge in [0.1, 0.15) is 11.6 Å². The topological polar surface area (TPSA) is 39.1 Å². The summed E-state index contributed by atoms with van der Waals surface area (Å²) in [5, 5.41) is 12.0. The van der Waals surface area contributed by atoms with Crippen LogP contribution < -0.4 is 5.32 Å². The monoisotopic (exact) mass is 291 g/mol. The van der Waals surface area contributed by atoms with E-state index < -0.39 is 11.6 Å². The van der Waals surface area contributed by atoms with Gasteiger partial charge in [0.2, 0.25) is 0 Å². The van der Waals surface area contributed by atoms with Gasteiger partial charge in [0.05, 0.1) is 11.6 Å². The van der Waals surface area contributed by atoms with Crippen LogP contribution in [-0.2, 0) is 6.54 Å². The van der Waals surface area contributed by atoms with Crippen LogP contribution in [-0.4, -0.2) is 30.1 Å². The van der Waals surface area contributed by atoms with Crippen molar-refractivity contribution in [3.8, 4) is 6.07 Å². The third-order valence-electron chi connectivity index (χ3n) is 4.67. The lowest BCUT2D eigenvalue weighted by molar-refractivity contribution is 0.180. The molecule has 0 amide bonds. The number of hydrogen-bond acceptors (Lipinski definition) is 3. The molecule has 112 valence electrons. The molecule has 0 aliphatic carbocycles. The minimum absolute atomic E-state index is 0.0214. The molecule has 21 heavy (non-hydrogen) atoms. The molecular weight excluding hydrogens is 272 g/mol. The molecule has 0 radical (unpaired) electrons. The fourth-order valence-electron chi connectivity index (χ4n) is 3.56. The molecule has 0 spiro atoms. The van der Waals surface area contributed by atoms with Gasteiger partial charge >= 0.3 is 0 Å². The normalized spacial score (nSPS) is 25.6. The van der Waals surface area contributed by atoms with Crippen molar-refractivity contribution in [1.29, 1.82) is 5.26 Å². The maximum absolute atomic E-state index is 13.9. The fraction of sp³-hybridized carbons (Fsp3) is 0.562. The molecule has 2 heterocycles. The van der Waals surface area contributed by atoms with E-state index in [9.17, 15) is 8.78 Å². The molecule has 2 unspecified atom stereocenters. The highest BCUT2D eigenvalue weighted by Crippen LogP contribution is 2.27. The molecular formula is C16H19F2N3. The first-order valence-electron chi connectivity index (χ1n) is 7.54. The number of piperidine rings is 1. The molecule has 5 heteroatoms. The second-order valence-electron chi connectivity index (χ2n) is 5.91. The average molecular weight is 291 g/mol. The van der Waals surface area contributed by atoms with Crippen molar-refractivity contribution in [1.82, 2.24) is 10.2 Å². The third-order valence-corrected chi connectivity index (χ3v) is 4.67. The first kappa shape index (κ1) is 14.4. The molecule has 0 aromatic heterocycles. The molecule has 2 atom stereocenters. The van der Waals surface area contributed by atoms with Crippen LogP contribution in [0.15, 0.2) is 12.1 Å². The van der Waals surface area contributed by atoms with Gasteiger partial charge in [-0.2, -0.15) is 5.26 Å². The largest absolute Gasteiger partial charge is 0.308 e. The molecule has 3 nitrogen and oxygen atoms in total. The van der Waals surface area contributed by atoms with Gasteiger partial charge in [-0.15, -0.1) is 0 Å². The summed E-state index contributed by atoms with van der Waals surface area (Å²) in [6.45, 7) is 2.39. The lowest BCUT2D eigenvalue weighted by atomic mass is 9.99. The molecule has 2 aliphatic rings. The van der Waals surface area contributed by atoms with Crippen molar-refractivity contribution < 1.29 is 8.78 Å². The molecule has 2 saturated heterocycles. The second-order valence-corrected chi connectivity index (χ2v) is 5.91. The standard InChI is InChI=1S/C16H19F2N3/c17-13-7-11(9-19)8-14(18)12(13)10-20-15-4-6-21-5-2-1-3-16(15)21/h7-8,15-16,20H,1-6,10H2. The van der Waals surface area contributed by atoms with E-state index >= 15 is 0 Å². The first-order valence-corrected chi connectivity index (χ1v) is 7.54. The minimum Gasteiger partial charge on any atom is -0.308 e. The van der Waals surface area contributed by atoms with Crippen LogP contribution in [0.1, 0.15) is 36.8 Å². The SMILES string of the molecule is N#Cc1cc(F)c(CNC2CCN3CCCCC23)c(F)c1. The van der Waals surface area contributed by atoms with E-state index in [1.165, 1.54) is 12.8 Å². The number of rotatable bonds is 3. The Hall–Kier alpha value is -1.51. The van der Waals surface area contributed by atoms with Crippen molar-refractivity contribution in [2.24, 2.45) is 0 Å². The molecule has 0 bridgehead atoms. The van der Waals surface area contributed by atoms with Crippen LogP contribution in [0, 0.1) is 23.0 Å². The summed E-state index contributed by atoms with van der Waals surface area (Å²) in [5.41, 5.74) is 0.0522. The Morgan fingerprint density at radius 3 is 2.67 bits per heavy atom. The van der Waals surface area contributed by atoms with Gasteiger partial charge in [-0.3, -0.25) is 4.90 Å². The van der Waals surface area contributed by atoms with Crippen LogP contribution in [0.2, 0.25) is 0 Å². The van der Waals surface area contributed by atoms with Crippen LogP contribution in [0.5, 0.6) is 0 Å². The van der Waals surface area contributed by atoms with E-state index in [1.807, 2.05) is 0 Å². The summed E-state index contributed by atoms with van der Waals surface area (Å²) in [4.78, 5) is 2.48. The number of benzene rings is 1. The lowest BCUT2D eigenvalue weighted by Crippen LogP contribution is -2.44. The summed E-state index contributed by atoms with van der Waals surface area (Å²) < 4.78 is 27.7. The summed E-state index contributed by atoms with van der Waals surface area (Å²) in [6.07, 6.45) is 4.68. The number of nitriles is 1. The van der Waals surface area contributed by atoms with Gasteiger partial charge in [-0.05, 0) is 37.9 Å². The summed E-state index contributed by atoms with van der Waals surface area (Å²) >= 11 is 0. The average Bonchev–Trinajstić information content (AvgIpc) is 2.89. The minimum atomic E-state index is -0.641. The smallest absolute Gasteiger partial charge is 0.131 e. The van der Waals surface area contributed by atoms with Crippen molar-refractivity contribution >= 4 is 0 Å². The van der Waals surface area contributed by atoms with Crippen molar-refractivity contribution in [2.45, 2.75) is 44.3 Å².